The second kappa shape index (κ2) is 8.00. The molecule has 0 aliphatic heterocycles. The van der Waals surface area contributed by atoms with Crippen LogP contribution in [-0.4, -0.2) is 51.3 Å². The maximum Gasteiger partial charge on any atom is 0.317 e. The normalized spacial score (nSPS) is 21.9. The molecule has 7 nitrogen and oxygen atoms in total. The van der Waals surface area contributed by atoms with Gasteiger partial charge in [-0.05, 0) is 50.0 Å². The molecule has 0 atom stereocenters. The van der Waals surface area contributed by atoms with Gasteiger partial charge in [-0.15, -0.1) is 5.10 Å². The van der Waals surface area contributed by atoms with E-state index in [-0.39, 0.29) is 12.6 Å². The lowest BCUT2D eigenvalue weighted by molar-refractivity contribution is -0.139. The monoisotopic (exact) mass is 357 g/mol. The van der Waals surface area contributed by atoms with Crippen molar-refractivity contribution in [3.05, 3.63) is 16.8 Å². The number of hydrogen-bond acceptors (Lipinski definition) is 6. The van der Waals surface area contributed by atoms with Crippen LogP contribution in [0.3, 0.4) is 0 Å². The van der Waals surface area contributed by atoms with Crippen molar-refractivity contribution in [3.8, 4) is 6.07 Å². The van der Waals surface area contributed by atoms with Crippen LogP contribution in [0.1, 0.15) is 56.4 Å². The minimum atomic E-state index is -0.762. The Morgan fingerprint density at radius 3 is 2.58 bits per heavy atom. The Morgan fingerprint density at radius 2 is 2.04 bits per heavy atom. The van der Waals surface area contributed by atoms with Gasteiger partial charge in [0, 0.05) is 18.6 Å². The van der Waals surface area contributed by atoms with Gasteiger partial charge in [-0.3, -0.25) is 9.69 Å². The molecular weight excluding hydrogens is 330 g/mol. The number of anilines is 1. The van der Waals surface area contributed by atoms with Gasteiger partial charge in [-0.1, -0.05) is 13.8 Å². The first-order chi connectivity index (χ1) is 12.5. The number of carboxylic acid groups (broad SMARTS) is 1. The third-order valence-corrected chi connectivity index (χ3v) is 5.46. The van der Waals surface area contributed by atoms with Crippen molar-refractivity contribution in [2.45, 2.75) is 64.5 Å². The number of nitrogens with zero attached hydrogens (tertiary/aromatic N) is 4. The standard InChI is InChI=1S/C19H27N5O2/c1-3-15-16(9-20)19(23-22-17(15)4-2)21-13-7-14(8-13)24(11-18(25)26)10-12-5-6-12/h12-14H,3-8,10-11H2,1-2H3,(H,21,23)(H,25,26). The summed E-state index contributed by atoms with van der Waals surface area (Å²) >= 11 is 0. The Labute approximate surface area is 154 Å². The Morgan fingerprint density at radius 1 is 1.31 bits per heavy atom. The van der Waals surface area contributed by atoms with Gasteiger partial charge in [-0.25, -0.2) is 0 Å². The average Bonchev–Trinajstić information content (AvgIpc) is 3.39. The molecular formula is C19H27N5O2. The molecule has 3 rings (SSSR count). The van der Waals surface area contributed by atoms with Crippen LogP contribution >= 0.6 is 0 Å². The maximum atomic E-state index is 11.1. The van der Waals surface area contributed by atoms with Crippen molar-refractivity contribution in [2.75, 3.05) is 18.4 Å². The summed E-state index contributed by atoms with van der Waals surface area (Å²) < 4.78 is 0. The lowest BCUT2D eigenvalue weighted by Crippen LogP contribution is -2.52. The van der Waals surface area contributed by atoms with E-state index in [2.05, 4.69) is 26.5 Å². The van der Waals surface area contributed by atoms with E-state index in [0.29, 0.717) is 23.3 Å². The lowest BCUT2D eigenvalue weighted by atomic mass is 9.85. The Hall–Kier alpha value is -2.20. The number of carbonyl (C=O) groups is 1. The van der Waals surface area contributed by atoms with Crippen molar-refractivity contribution >= 4 is 11.8 Å². The number of nitrogens with one attached hydrogen (secondary N) is 1. The van der Waals surface area contributed by atoms with Crippen LogP contribution in [0.4, 0.5) is 5.82 Å². The van der Waals surface area contributed by atoms with E-state index < -0.39 is 5.97 Å². The van der Waals surface area contributed by atoms with Crippen molar-refractivity contribution in [1.29, 1.82) is 5.26 Å². The predicted octanol–water partition coefficient (Wildman–Crippen LogP) is 2.21. The molecule has 7 heteroatoms. The topological polar surface area (TPSA) is 102 Å². The zero-order valence-corrected chi connectivity index (χ0v) is 15.5. The molecule has 1 aromatic heterocycles. The third kappa shape index (κ3) is 4.13. The first-order valence-electron chi connectivity index (χ1n) is 9.56. The lowest BCUT2D eigenvalue weighted by Gasteiger charge is -2.43. The summed E-state index contributed by atoms with van der Waals surface area (Å²) in [5.74, 6) is 0.477. The van der Waals surface area contributed by atoms with Crippen molar-refractivity contribution in [3.63, 3.8) is 0 Å². The van der Waals surface area contributed by atoms with E-state index in [1.807, 2.05) is 13.8 Å². The molecule has 2 saturated carbocycles. The van der Waals surface area contributed by atoms with Crippen LogP contribution in [0.15, 0.2) is 0 Å². The van der Waals surface area contributed by atoms with Gasteiger partial charge < -0.3 is 10.4 Å². The van der Waals surface area contributed by atoms with Crippen molar-refractivity contribution in [1.82, 2.24) is 15.1 Å². The molecule has 1 aromatic rings. The fourth-order valence-corrected chi connectivity index (χ4v) is 3.74. The van der Waals surface area contributed by atoms with E-state index in [9.17, 15) is 10.1 Å². The van der Waals surface area contributed by atoms with Gasteiger partial charge in [0.1, 0.15) is 11.6 Å². The number of aryl methyl sites for hydroxylation is 1. The number of carboxylic acids is 1. The number of rotatable bonds is 9. The molecule has 1 heterocycles. The summed E-state index contributed by atoms with van der Waals surface area (Å²) in [6, 6.07) is 2.80. The SMILES string of the molecule is CCc1nnc(NC2CC(N(CC(=O)O)CC3CC3)C2)c(C#N)c1CC. The molecule has 26 heavy (non-hydrogen) atoms. The fraction of sp³-hybridized carbons (Fsp3) is 0.684. The van der Waals surface area contributed by atoms with E-state index in [1.165, 1.54) is 12.8 Å². The van der Waals surface area contributed by atoms with Gasteiger partial charge in [0.15, 0.2) is 5.82 Å². The Bertz CT molecular complexity index is 705. The van der Waals surface area contributed by atoms with Gasteiger partial charge >= 0.3 is 5.97 Å². The van der Waals surface area contributed by atoms with E-state index >= 15 is 0 Å². The highest BCUT2D eigenvalue weighted by atomic mass is 16.4. The van der Waals surface area contributed by atoms with Gasteiger partial charge in [0.25, 0.3) is 0 Å². The summed E-state index contributed by atoms with van der Waals surface area (Å²) in [7, 11) is 0. The number of aromatic nitrogens is 2. The summed E-state index contributed by atoms with van der Waals surface area (Å²) in [4.78, 5) is 13.2. The molecule has 2 aliphatic carbocycles. The molecule has 0 bridgehead atoms. The van der Waals surface area contributed by atoms with E-state index in [0.717, 1.165) is 43.5 Å². The van der Waals surface area contributed by atoms with Crippen LogP contribution in [-0.2, 0) is 17.6 Å². The second-order valence-corrected chi connectivity index (χ2v) is 7.40. The summed E-state index contributed by atoms with van der Waals surface area (Å²) in [5.41, 5.74) is 2.46. The zero-order chi connectivity index (χ0) is 18.7. The first-order valence-corrected chi connectivity index (χ1v) is 9.56. The number of hydrogen-bond donors (Lipinski definition) is 2. The molecule has 140 valence electrons. The summed E-state index contributed by atoms with van der Waals surface area (Å²) in [5, 5.41) is 30.6. The zero-order valence-electron chi connectivity index (χ0n) is 15.5. The van der Waals surface area contributed by atoms with Gasteiger partial charge in [0.05, 0.1) is 12.2 Å². The minimum absolute atomic E-state index is 0.113. The Kier molecular flexibility index (Phi) is 5.72. The molecule has 0 unspecified atom stereocenters. The fourth-order valence-electron chi connectivity index (χ4n) is 3.74. The molecule has 0 radical (unpaired) electrons. The minimum Gasteiger partial charge on any atom is -0.480 e. The molecule has 2 fully saturated rings. The molecule has 0 aromatic carbocycles. The van der Waals surface area contributed by atoms with E-state index in [4.69, 9.17) is 5.11 Å². The largest absolute Gasteiger partial charge is 0.480 e. The van der Waals surface area contributed by atoms with E-state index in [1.54, 1.807) is 0 Å². The van der Waals surface area contributed by atoms with Crippen LogP contribution < -0.4 is 5.32 Å². The van der Waals surface area contributed by atoms with Gasteiger partial charge in [0.2, 0.25) is 0 Å². The van der Waals surface area contributed by atoms with Crippen LogP contribution in [0.2, 0.25) is 0 Å². The predicted molar refractivity (Wildman–Crippen MR) is 97.9 cm³/mol. The highest BCUT2D eigenvalue weighted by Crippen LogP contribution is 2.35. The molecule has 0 spiro atoms. The highest BCUT2D eigenvalue weighted by Gasteiger charge is 2.37. The first kappa shape index (κ1) is 18.6. The third-order valence-electron chi connectivity index (χ3n) is 5.46. The smallest absolute Gasteiger partial charge is 0.317 e. The second-order valence-electron chi connectivity index (χ2n) is 7.40. The average molecular weight is 357 g/mol. The molecule has 0 amide bonds. The molecule has 2 N–H and O–H groups in total. The Balaban J connectivity index is 1.63. The number of nitriles is 1. The molecule has 2 aliphatic rings. The van der Waals surface area contributed by atoms with Crippen molar-refractivity contribution in [2.24, 2.45) is 5.92 Å². The van der Waals surface area contributed by atoms with Crippen molar-refractivity contribution < 1.29 is 9.90 Å². The number of aliphatic carboxylic acids is 1. The maximum absolute atomic E-state index is 11.1. The van der Waals surface area contributed by atoms with Gasteiger partial charge in [-0.2, -0.15) is 10.4 Å². The summed E-state index contributed by atoms with van der Waals surface area (Å²) in [6.07, 6.45) is 5.72. The van der Waals surface area contributed by atoms with Crippen LogP contribution in [0.5, 0.6) is 0 Å². The van der Waals surface area contributed by atoms with Crippen LogP contribution in [0.25, 0.3) is 0 Å². The van der Waals surface area contributed by atoms with Crippen LogP contribution in [0, 0.1) is 17.2 Å². The highest BCUT2D eigenvalue weighted by molar-refractivity contribution is 5.69. The quantitative estimate of drug-likeness (QED) is 0.698. The molecule has 0 saturated heterocycles. The summed E-state index contributed by atoms with van der Waals surface area (Å²) in [6.45, 7) is 5.05.